The average Bonchev–Trinajstić information content (AvgIpc) is 2.63. The third kappa shape index (κ3) is 3.79. The van der Waals surface area contributed by atoms with E-state index in [0.717, 1.165) is 23.1 Å². The van der Waals surface area contributed by atoms with Crippen LogP contribution in [0.2, 0.25) is 0 Å². The fourth-order valence-electron chi connectivity index (χ4n) is 2.78. The Morgan fingerprint density at radius 2 is 1.89 bits per heavy atom. The Labute approximate surface area is 116 Å². The highest BCUT2D eigenvalue weighted by Gasteiger charge is 2.17. The van der Waals surface area contributed by atoms with Gasteiger partial charge >= 0.3 is 0 Å². The Morgan fingerprint density at radius 3 is 2.63 bits per heavy atom. The second kappa shape index (κ2) is 6.69. The van der Waals surface area contributed by atoms with E-state index in [9.17, 15) is 0 Å². The van der Waals surface area contributed by atoms with Crippen molar-refractivity contribution >= 4 is 5.69 Å². The van der Waals surface area contributed by atoms with Crippen LogP contribution < -0.4 is 14.8 Å². The maximum Gasteiger partial charge on any atom is 0.142 e. The largest absolute Gasteiger partial charge is 0.497 e. The molecule has 1 aliphatic rings. The van der Waals surface area contributed by atoms with E-state index in [1.165, 1.54) is 32.1 Å². The Morgan fingerprint density at radius 1 is 1.05 bits per heavy atom. The molecule has 1 aromatic carbocycles. The van der Waals surface area contributed by atoms with Crippen LogP contribution in [0, 0.1) is 5.92 Å². The van der Waals surface area contributed by atoms with Gasteiger partial charge in [-0.2, -0.15) is 0 Å². The normalized spacial score (nSPS) is 23.5. The summed E-state index contributed by atoms with van der Waals surface area (Å²) in [5.74, 6) is 2.61. The average molecular weight is 263 g/mol. The minimum atomic E-state index is 0.547. The second-order valence-electron chi connectivity index (χ2n) is 5.52. The molecule has 1 aliphatic carbocycles. The Balaban J connectivity index is 2.08. The van der Waals surface area contributed by atoms with Gasteiger partial charge < -0.3 is 14.8 Å². The van der Waals surface area contributed by atoms with Gasteiger partial charge in [-0.05, 0) is 37.3 Å². The van der Waals surface area contributed by atoms with Gasteiger partial charge in [-0.25, -0.2) is 0 Å². The molecule has 1 saturated carbocycles. The molecule has 19 heavy (non-hydrogen) atoms. The summed E-state index contributed by atoms with van der Waals surface area (Å²) in [7, 11) is 3.40. The van der Waals surface area contributed by atoms with Crippen molar-refractivity contribution in [1.82, 2.24) is 0 Å². The lowest BCUT2D eigenvalue weighted by molar-refractivity contribution is 0.403. The van der Waals surface area contributed by atoms with Gasteiger partial charge in [0.05, 0.1) is 19.9 Å². The van der Waals surface area contributed by atoms with Gasteiger partial charge in [0.15, 0.2) is 0 Å². The van der Waals surface area contributed by atoms with Crippen molar-refractivity contribution in [3.8, 4) is 11.5 Å². The zero-order valence-electron chi connectivity index (χ0n) is 12.2. The minimum Gasteiger partial charge on any atom is -0.497 e. The monoisotopic (exact) mass is 263 g/mol. The first-order valence-corrected chi connectivity index (χ1v) is 7.21. The summed E-state index contributed by atoms with van der Waals surface area (Å²) in [5.41, 5.74) is 1.04. The predicted octanol–water partition coefficient (Wildman–Crippen LogP) is 4.08. The van der Waals surface area contributed by atoms with E-state index >= 15 is 0 Å². The van der Waals surface area contributed by atoms with Crippen molar-refractivity contribution in [2.45, 2.75) is 45.1 Å². The number of benzene rings is 1. The third-order valence-electron chi connectivity index (χ3n) is 4.02. The molecule has 1 aromatic rings. The van der Waals surface area contributed by atoms with Gasteiger partial charge in [-0.1, -0.05) is 19.8 Å². The molecule has 0 aromatic heterocycles. The fourth-order valence-corrected chi connectivity index (χ4v) is 2.78. The maximum absolute atomic E-state index is 5.42. The van der Waals surface area contributed by atoms with Crippen LogP contribution in [0.1, 0.15) is 39.0 Å². The van der Waals surface area contributed by atoms with E-state index in [4.69, 9.17) is 9.47 Å². The predicted molar refractivity (Wildman–Crippen MR) is 79.2 cm³/mol. The summed E-state index contributed by atoms with van der Waals surface area (Å²) in [5, 5.41) is 3.63. The zero-order valence-corrected chi connectivity index (χ0v) is 12.2. The van der Waals surface area contributed by atoms with Crippen molar-refractivity contribution in [3.05, 3.63) is 18.2 Å². The molecular formula is C16H25NO2. The molecule has 0 spiro atoms. The van der Waals surface area contributed by atoms with Crippen molar-refractivity contribution in [2.24, 2.45) is 5.92 Å². The molecule has 2 atom stereocenters. The lowest BCUT2D eigenvalue weighted by atomic mass is 10.0. The number of methoxy groups -OCH3 is 2. The Kier molecular flexibility index (Phi) is 4.94. The molecule has 3 heteroatoms. The Hall–Kier alpha value is -1.38. The lowest BCUT2D eigenvalue weighted by Crippen LogP contribution is -2.18. The van der Waals surface area contributed by atoms with Crippen molar-refractivity contribution < 1.29 is 9.47 Å². The number of hydrogen-bond donors (Lipinski definition) is 1. The van der Waals surface area contributed by atoms with Crippen LogP contribution in [0.15, 0.2) is 18.2 Å². The maximum atomic E-state index is 5.42. The molecule has 0 radical (unpaired) electrons. The van der Waals surface area contributed by atoms with Gasteiger partial charge in [-0.15, -0.1) is 0 Å². The van der Waals surface area contributed by atoms with Crippen LogP contribution in [0.25, 0.3) is 0 Å². The molecule has 2 unspecified atom stereocenters. The van der Waals surface area contributed by atoms with Gasteiger partial charge in [0.1, 0.15) is 11.5 Å². The van der Waals surface area contributed by atoms with Crippen LogP contribution in [0.3, 0.4) is 0 Å². The number of rotatable bonds is 4. The van der Waals surface area contributed by atoms with E-state index in [0.29, 0.717) is 6.04 Å². The van der Waals surface area contributed by atoms with Gasteiger partial charge in [-0.3, -0.25) is 0 Å². The first-order chi connectivity index (χ1) is 9.22. The highest BCUT2D eigenvalue weighted by molar-refractivity contribution is 5.60. The second-order valence-corrected chi connectivity index (χ2v) is 5.52. The first kappa shape index (κ1) is 14.0. The standard InChI is InChI=1S/C16H25NO2/c1-12-5-4-6-13(8-7-12)17-15-11-14(18-2)9-10-16(15)19-3/h9-13,17H,4-8H2,1-3H3. The summed E-state index contributed by atoms with van der Waals surface area (Å²) < 4.78 is 10.7. The van der Waals surface area contributed by atoms with E-state index in [2.05, 4.69) is 12.2 Å². The van der Waals surface area contributed by atoms with Crippen molar-refractivity contribution in [2.75, 3.05) is 19.5 Å². The first-order valence-electron chi connectivity index (χ1n) is 7.21. The molecule has 3 nitrogen and oxygen atoms in total. The highest BCUT2D eigenvalue weighted by atomic mass is 16.5. The third-order valence-corrected chi connectivity index (χ3v) is 4.02. The van der Waals surface area contributed by atoms with Gasteiger partial charge in [0.25, 0.3) is 0 Å². The highest BCUT2D eigenvalue weighted by Crippen LogP contribution is 2.32. The van der Waals surface area contributed by atoms with Crippen LogP contribution >= 0.6 is 0 Å². The number of nitrogens with one attached hydrogen (secondary N) is 1. The van der Waals surface area contributed by atoms with Crippen LogP contribution in [-0.4, -0.2) is 20.3 Å². The molecule has 0 bridgehead atoms. The topological polar surface area (TPSA) is 30.5 Å². The zero-order chi connectivity index (χ0) is 13.7. The molecule has 0 amide bonds. The summed E-state index contributed by atoms with van der Waals surface area (Å²) in [6.07, 6.45) is 6.45. The van der Waals surface area contributed by atoms with Crippen LogP contribution in [-0.2, 0) is 0 Å². The van der Waals surface area contributed by atoms with E-state index in [1.54, 1.807) is 14.2 Å². The quantitative estimate of drug-likeness (QED) is 0.830. The molecular weight excluding hydrogens is 238 g/mol. The van der Waals surface area contributed by atoms with Crippen molar-refractivity contribution in [3.63, 3.8) is 0 Å². The molecule has 106 valence electrons. The minimum absolute atomic E-state index is 0.547. The van der Waals surface area contributed by atoms with Crippen LogP contribution in [0.4, 0.5) is 5.69 Å². The molecule has 1 fully saturated rings. The SMILES string of the molecule is COc1ccc(OC)c(NC2CCCC(C)CC2)c1. The summed E-state index contributed by atoms with van der Waals surface area (Å²) in [6, 6.07) is 6.46. The summed E-state index contributed by atoms with van der Waals surface area (Å²) >= 11 is 0. The van der Waals surface area contributed by atoms with Crippen LogP contribution in [0.5, 0.6) is 11.5 Å². The van der Waals surface area contributed by atoms with Gasteiger partial charge in [0, 0.05) is 12.1 Å². The lowest BCUT2D eigenvalue weighted by Gasteiger charge is -2.20. The number of anilines is 1. The molecule has 0 heterocycles. The number of ether oxygens (including phenoxy) is 2. The molecule has 0 aliphatic heterocycles. The molecule has 1 N–H and O–H groups in total. The molecule has 0 saturated heterocycles. The van der Waals surface area contributed by atoms with E-state index < -0.39 is 0 Å². The molecule has 2 rings (SSSR count). The Bertz CT molecular complexity index is 406. The van der Waals surface area contributed by atoms with E-state index in [-0.39, 0.29) is 0 Å². The number of hydrogen-bond acceptors (Lipinski definition) is 3. The van der Waals surface area contributed by atoms with Crippen molar-refractivity contribution in [1.29, 1.82) is 0 Å². The summed E-state index contributed by atoms with van der Waals surface area (Å²) in [6.45, 7) is 2.36. The fraction of sp³-hybridized carbons (Fsp3) is 0.625. The smallest absolute Gasteiger partial charge is 0.142 e. The van der Waals surface area contributed by atoms with E-state index in [1.807, 2.05) is 18.2 Å². The summed E-state index contributed by atoms with van der Waals surface area (Å²) in [4.78, 5) is 0. The van der Waals surface area contributed by atoms with Gasteiger partial charge in [0.2, 0.25) is 0 Å².